The molecule has 0 spiro atoms. The van der Waals surface area contributed by atoms with Gasteiger partial charge in [-0.05, 0) is 70.8 Å². The number of fused-ring (bicyclic) bond motifs is 10. The third-order valence-corrected chi connectivity index (χ3v) is 9.36. The molecule has 3 aliphatic carbocycles. The van der Waals surface area contributed by atoms with Crippen molar-refractivity contribution in [3.63, 3.8) is 0 Å². The van der Waals surface area contributed by atoms with Gasteiger partial charge in [0.1, 0.15) is 0 Å². The molecular formula is C41H18N8. The van der Waals surface area contributed by atoms with Crippen molar-refractivity contribution < 1.29 is 0 Å². The highest BCUT2D eigenvalue weighted by atomic mass is 14.9. The van der Waals surface area contributed by atoms with Gasteiger partial charge in [0.2, 0.25) is 0 Å². The molecule has 0 unspecified atom stereocenters. The second kappa shape index (κ2) is 10.2. The van der Waals surface area contributed by atoms with E-state index in [2.05, 4.69) is 30.9 Å². The van der Waals surface area contributed by atoms with Crippen LogP contribution < -0.4 is 0 Å². The zero-order valence-corrected chi connectivity index (χ0v) is 25.6. The molecule has 3 aliphatic rings. The van der Waals surface area contributed by atoms with Crippen LogP contribution in [0.1, 0.15) is 28.9 Å². The molecule has 2 aromatic heterocycles. The van der Waals surface area contributed by atoms with E-state index in [0.29, 0.717) is 39.7 Å². The van der Waals surface area contributed by atoms with E-state index in [1.54, 1.807) is 24.3 Å². The second-order valence-corrected chi connectivity index (χ2v) is 12.0. The van der Waals surface area contributed by atoms with E-state index >= 15 is 0 Å². The molecule has 0 saturated carbocycles. The molecule has 0 fully saturated rings. The number of hydrogen-bond donors (Lipinski definition) is 0. The molecule has 6 aromatic rings. The molecule has 9 rings (SSSR count). The van der Waals surface area contributed by atoms with Crippen molar-refractivity contribution in [1.82, 2.24) is 19.9 Å². The summed E-state index contributed by atoms with van der Waals surface area (Å²) in [5.41, 5.74) is 13.3. The molecule has 8 heteroatoms. The van der Waals surface area contributed by atoms with E-state index in [9.17, 15) is 21.0 Å². The molecule has 0 amide bonds. The number of rotatable bonds is 1. The summed E-state index contributed by atoms with van der Waals surface area (Å²) in [6, 6.07) is 28.0. The lowest BCUT2D eigenvalue weighted by molar-refractivity contribution is 1.24. The summed E-state index contributed by atoms with van der Waals surface area (Å²) >= 11 is 0. The van der Waals surface area contributed by atoms with Gasteiger partial charge >= 0.3 is 0 Å². The Balaban J connectivity index is 1.16. The Morgan fingerprint density at radius 3 is 1.45 bits per heavy atom. The fourth-order valence-corrected chi connectivity index (χ4v) is 6.94. The smallest absolute Gasteiger partial charge is 0.0998 e. The van der Waals surface area contributed by atoms with Crippen LogP contribution in [0.4, 0.5) is 0 Å². The van der Waals surface area contributed by atoms with Gasteiger partial charge in [0.15, 0.2) is 0 Å². The lowest BCUT2D eigenvalue weighted by Crippen LogP contribution is -1.95. The van der Waals surface area contributed by atoms with E-state index in [-0.39, 0.29) is 0 Å². The summed E-state index contributed by atoms with van der Waals surface area (Å²) < 4.78 is 0. The number of nitrogens with zero attached hydrogens (tertiary/aromatic N) is 8. The van der Waals surface area contributed by atoms with E-state index in [0.717, 1.165) is 83.6 Å². The zero-order chi connectivity index (χ0) is 33.4. The molecule has 2 bridgehead atoms. The van der Waals surface area contributed by atoms with Crippen LogP contribution in [0.3, 0.4) is 0 Å². The minimum absolute atomic E-state index is 0.325. The van der Waals surface area contributed by atoms with Crippen molar-refractivity contribution in [2.75, 3.05) is 0 Å². The number of nitriles is 4. The number of aromatic nitrogens is 4. The van der Waals surface area contributed by atoms with Crippen molar-refractivity contribution in [2.24, 2.45) is 0 Å². The van der Waals surface area contributed by atoms with Gasteiger partial charge in [-0.1, -0.05) is 43.0 Å². The largest absolute Gasteiger partial charge is 0.244 e. The van der Waals surface area contributed by atoms with Gasteiger partial charge in [0.05, 0.1) is 91.4 Å². The normalized spacial score (nSPS) is 17.3. The highest BCUT2D eigenvalue weighted by Crippen LogP contribution is 2.48. The molecule has 0 radical (unpaired) electrons. The Hall–Kier alpha value is -7.52. The summed E-state index contributed by atoms with van der Waals surface area (Å²) in [6.45, 7) is 3.96. The first-order valence-corrected chi connectivity index (χ1v) is 15.4. The van der Waals surface area contributed by atoms with Crippen molar-refractivity contribution in [3.8, 4) is 57.9 Å². The van der Waals surface area contributed by atoms with Crippen molar-refractivity contribution in [3.05, 3.63) is 131 Å². The Kier molecular flexibility index (Phi) is 5.80. The highest BCUT2D eigenvalue weighted by Gasteiger charge is 2.28. The van der Waals surface area contributed by atoms with Gasteiger partial charge in [-0.2, -0.15) is 21.0 Å². The molecule has 0 aliphatic heterocycles. The summed E-state index contributed by atoms with van der Waals surface area (Å²) in [4.78, 5) is 20.1. The quantitative estimate of drug-likeness (QED) is 0.177. The van der Waals surface area contributed by atoms with Gasteiger partial charge in [-0.25, -0.2) is 19.9 Å². The van der Waals surface area contributed by atoms with Crippen LogP contribution in [-0.4, -0.2) is 19.9 Å². The standard InChI is InChI=1S/C41H18N8/c1-21-26(17-42)4-2-24-14-25(3-5-27(21)18-43)39-38(24)46-32-12-8-22(15-34(32)48-39)23-9-13-33-35(16-23)49-41-31-11-7-29(20-45)36-28(19-44)6-10-30(37(31)36)40(41)47-33/h2-13,15-16H,1,14H2/b24-2+,25-3+,26-4-,27-5?. The molecular weight excluding hydrogens is 605 g/mol. The maximum absolute atomic E-state index is 9.78. The minimum Gasteiger partial charge on any atom is -0.244 e. The average Bonchev–Trinajstić information content (AvgIpc) is 3.63. The molecule has 49 heavy (non-hydrogen) atoms. The van der Waals surface area contributed by atoms with Crippen LogP contribution >= 0.6 is 0 Å². The summed E-state index contributed by atoms with van der Waals surface area (Å²) in [7, 11) is 0. The third-order valence-electron chi connectivity index (χ3n) is 9.36. The molecule has 4 aromatic carbocycles. The van der Waals surface area contributed by atoms with E-state index in [1.165, 1.54) is 0 Å². The monoisotopic (exact) mass is 622 g/mol. The summed E-state index contributed by atoms with van der Waals surface area (Å²) in [5, 5.41) is 40.4. The Morgan fingerprint density at radius 2 is 0.959 bits per heavy atom. The summed E-state index contributed by atoms with van der Waals surface area (Å²) in [5.74, 6) is 0. The van der Waals surface area contributed by atoms with Gasteiger partial charge in [0, 0.05) is 33.9 Å². The third kappa shape index (κ3) is 4.00. The lowest BCUT2D eigenvalue weighted by Gasteiger charge is -2.08. The van der Waals surface area contributed by atoms with Gasteiger partial charge < -0.3 is 0 Å². The maximum atomic E-state index is 9.78. The Morgan fingerprint density at radius 1 is 0.490 bits per heavy atom. The first-order chi connectivity index (χ1) is 24.0. The van der Waals surface area contributed by atoms with E-state index in [1.807, 2.05) is 60.7 Å². The highest BCUT2D eigenvalue weighted by molar-refractivity contribution is 6.17. The van der Waals surface area contributed by atoms with Crippen LogP contribution in [0.5, 0.6) is 0 Å². The first-order valence-electron chi connectivity index (χ1n) is 15.4. The van der Waals surface area contributed by atoms with Crippen molar-refractivity contribution >= 4 is 44.0 Å². The van der Waals surface area contributed by atoms with Gasteiger partial charge in [-0.15, -0.1) is 0 Å². The van der Waals surface area contributed by atoms with Crippen LogP contribution in [0, 0.1) is 45.3 Å². The predicted molar refractivity (Wildman–Crippen MR) is 187 cm³/mol. The van der Waals surface area contributed by atoms with Crippen LogP contribution in [0.2, 0.25) is 0 Å². The first kappa shape index (κ1) is 27.8. The molecule has 0 atom stereocenters. The SMILES string of the molecule is C=C1C(C#N)=C/C=C2\C/C(=C\C=C/1C#N)c1nc3ccc(-c4ccc5nc6c(nc5c4)-c4ccc(C#N)c5c(C#N)ccc-6c45)cc3nc12. The molecule has 0 N–H and O–H groups in total. The second-order valence-electron chi connectivity index (χ2n) is 12.0. The maximum Gasteiger partial charge on any atom is 0.0998 e. The molecule has 2 heterocycles. The lowest BCUT2D eigenvalue weighted by atomic mass is 9.96. The average molecular weight is 623 g/mol. The van der Waals surface area contributed by atoms with Gasteiger partial charge in [0.25, 0.3) is 0 Å². The van der Waals surface area contributed by atoms with E-state index < -0.39 is 0 Å². The summed E-state index contributed by atoms with van der Waals surface area (Å²) in [6.07, 6.45) is 7.71. The van der Waals surface area contributed by atoms with Crippen molar-refractivity contribution in [2.45, 2.75) is 6.42 Å². The number of allylic oxidation sites excluding steroid dienone is 9. The number of hydrogen-bond acceptors (Lipinski definition) is 8. The van der Waals surface area contributed by atoms with Gasteiger partial charge in [-0.3, -0.25) is 0 Å². The van der Waals surface area contributed by atoms with Crippen LogP contribution in [0.15, 0.2) is 108 Å². The van der Waals surface area contributed by atoms with Crippen LogP contribution in [-0.2, 0) is 0 Å². The fraction of sp³-hybridized carbons (Fsp3) is 0.0244. The zero-order valence-electron chi connectivity index (χ0n) is 25.6. The molecule has 8 nitrogen and oxygen atoms in total. The minimum atomic E-state index is 0.325. The fourth-order valence-electron chi connectivity index (χ4n) is 6.94. The molecule has 222 valence electrons. The Labute approximate surface area is 279 Å². The topological polar surface area (TPSA) is 147 Å². The Bertz CT molecular complexity index is 2890. The van der Waals surface area contributed by atoms with E-state index in [4.69, 9.17) is 19.9 Å². The van der Waals surface area contributed by atoms with Crippen LogP contribution in [0.25, 0.3) is 77.6 Å². The number of benzene rings is 4. The van der Waals surface area contributed by atoms with Crippen molar-refractivity contribution in [1.29, 1.82) is 21.0 Å². The predicted octanol–water partition coefficient (Wildman–Crippen LogP) is 8.42. The molecule has 0 saturated heterocycles.